The van der Waals surface area contributed by atoms with Crippen molar-refractivity contribution in [1.82, 2.24) is 0 Å². The van der Waals surface area contributed by atoms with E-state index in [1.807, 2.05) is 0 Å². The van der Waals surface area contributed by atoms with Crippen LogP contribution in [0.4, 0.5) is 0 Å². The van der Waals surface area contributed by atoms with Crippen molar-refractivity contribution in [2.45, 2.75) is 140 Å². The zero-order valence-corrected chi connectivity index (χ0v) is 28.2. The summed E-state index contributed by atoms with van der Waals surface area (Å²) in [4.78, 5) is 80.9. The predicted molar refractivity (Wildman–Crippen MR) is 170 cm³/mol. The van der Waals surface area contributed by atoms with E-state index in [1.165, 1.54) is 38.5 Å². The summed E-state index contributed by atoms with van der Waals surface area (Å²) in [5.74, 6) is -11.6. The molecule has 49 heavy (non-hydrogen) atoms. The minimum atomic E-state index is -3.04. The summed E-state index contributed by atoms with van der Waals surface area (Å²) in [6, 6.07) is 0. The lowest BCUT2D eigenvalue weighted by atomic mass is 9.96. The van der Waals surface area contributed by atoms with E-state index in [0.717, 1.165) is 38.5 Å². The van der Waals surface area contributed by atoms with E-state index >= 15 is 0 Å². The zero-order chi connectivity index (χ0) is 37.1. The van der Waals surface area contributed by atoms with Crippen molar-refractivity contribution < 1.29 is 78.0 Å². The van der Waals surface area contributed by atoms with Gasteiger partial charge in [0.05, 0.1) is 12.8 Å². The molecule has 0 bridgehead atoms. The number of ether oxygens (including phenoxy) is 4. The lowest BCUT2D eigenvalue weighted by Gasteiger charge is -2.24. The summed E-state index contributed by atoms with van der Waals surface area (Å²) in [5.41, 5.74) is -3.04. The Hall–Kier alpha value is -4.05. The van der Waals surface area contributed by atoms with E-state index in [0.29, 0.717) is 6.42 Å². The first kappa shape index (κ1) is 45.0. The smallest absolute Gasteiger partial charge is 0.336 e. The average Bonchev–Trinajstić information content (AvgIpc) is 2.99. The Balaban J connectivity index is 4.87. The quantitative estimate of drug-likeness (QED) is 0.0173. The van der Waals surface area contributed by atoms with Gasteiger partial charge in [-0.25, -0.2) is 4.79 Å². The maximum absolute atomic E-state index is 12.4. The predicted octanol–water partition coefficient (Wildman–Crippen LogP) is 3.43. The second-order valence-corrected chi connectivity index (χ2v) is 11.8. The van der Waals surface area contributed by atoms with Gasteiger partial charge in [-0.05, 0) is 32.1 Å². The Morgan fingerprint density at radius 3 is 1.65 bits per heavy atom. The van der Waals surface area contributed by atoms with E-state index in [1.54, 1.807) is 0 Å². The fraction of sp³-hybridized carbons (Fsp3) is 0.727. The van der Waals surface area contributed by atoms with Gasteiger partial charge in [-0.2, -0.15) is 0 Å². The van der Waals surface area contributed by atoms with E-state index in [-0.39, 0.29) is 12.9 Å². The van der Waals surface area contributed by atoms with Crippen molar-refractivity contribution in [3.8, 4) is 0 Å². The molecule has 0 radical (unpaired) electrons. The highest BCUT2D eigenvalue weighted by Crippen LogP contribution is 2.20. The van der Waals surface area contributed by atoms with Crippen LogP contribution in [0.2, 0.25) is 0 Å². The topological polar surface area (TPSA) is 258 Å². The zero-order valence-electron chi connectivity index (χ0n) is 28.2. The van der Waals surface area contributed by atoms with Gasteiger partial charge < -0.3 is 44.5 Å². The number of carbonyl (C=O) groups excluding carboxylic acids is 4. The Labute approximate surface area is 285 Å². The van der Waals surface area contributed by atoms with Gasteiger partial charge in [-0.1, -0.05) is 70.4 Å². The Kier molecular flexibility index (Phi) is 23.8. The normalized spacial score (nSPS) is 14.2. The monoisotopic (exact) mass is 704 g/mol. The molecule has 0 saturated heterocycles. The van der Waals surface area contributed by atoms with E-state index < -0.39 is 92.2 Å². The maximum Gasteiger partial charge on any atom is 0.336 e. The molecule has 0 amide bonds. The van der Waals surface area contributed by atoms with Gasteiger partial charge in [-0.3, -0.25) is 28.8 Å². The summed E-state index contributed by atoms with van der Waals surface area (Å²) in [7, 11) is 0. The number of carbonyl (C=O) groups is 7. The van der Waals surface area contributed by atoms with Gasteiger partial charge in [0.2, 0.25) is 5.79 Å². The van der Waals surface area contributed by atoms with Gasteiger partial charge in [0, 0.05) is 6.42 Å². The molecule has 0 rings (SSSR count). The van der Waals surface area contributed by atoms with Crippen molar-refractivity contribution >= 4 is 42.3 Å². The molecule has 280 valence electrons. The molecule has 0 fully saturated rings. The first-order valence-electron chi connectivity index (χ1n) is 16.5. The summed E-state index contributed by atoms with van der Waals surface area (Å²) < 4.78 is 19.2. The van der Waals surface area contributed by atoms with Crippen LogP contribution >= 0.6 is 0 Å². The first-order chi connectivity index (χ1) is 23.2. The molecule has 0 aromatic heterocycles. The fourth-order valence-corrected chi connectivity index (χ4v) is 4.58. The molecule has 5 N–H and O–H groups in total. The second-order valence-electron chi connectivity index (χ2n) is 11.8. The van der Waals surface area contributed by atoms with Crippen molar-refractivity contribution in [2.24, 2.45) is 0 Å². The van der Waals surface area contributed by atoms with Crippen LogP contribution in [0.5, 0.6) is 0 Å². The average molecular weight is 705 g/mol. The van der Waals surface area contributed by atoms with Crippen LogP contribution in [0, 0.1) is 0 Å². The van der Waals surface area contributed by atoms with Crippen molar-refractivity contribution in [2.75, 3.05) is 13.2 Å². The highest BCUT2D eigenvalue weighted by molar-refractivity contribution is 5.88. The van der Waals surface area contributed by atoms with Crippen molar-refractivity contribution in [3.63, 3.8) is 0 Å². The summed E-state index contributed by atoms with van der Waals surface area (Å²) in [6.45, 7) is 0.362. The number of aliphatic hydroxyl groups is 2. The Morgan fingerprint density at radius 1 is 0.633 bits per heavy atom. The van der Waals surface area contributed by atoms with Crippen LogP contribution in [-0.4, -0.2) is 98.5 Å². The number of aliphatic carboxylic acids is 3. The molecular weight excluding hydrogens is 652 g/mol. The highest BCUT2D eigenvalue weighted by Gasteiger charge is 2.42. The van der Waals surface area contributed by atoms with Gasteiger partial charge in [0.25, 0.3) is 6.47 Å². The molecule has 0 aliphatic rings. The van der Waals surface area contributed by atoms with Crippen LogP contribution in [0.25, 0.3) is 0 Å². The SMILES string of the molecule is CCCCCCCC/C=C\CCCCCCCC(=O)OCC(COC(=O)CC(O)(CC(=O)O)OC=O)OC(=O)CC(O)(CC(=O)O)C(=O)O. The lowest BCUT2D eigenvalue weighted by Crippen LogP contribution is -2.44. The number of unbranched alkanes of at least 4 members (excludes halogenated alkanes) is 11. The molecule has 3 atom stereocenters. The molecule has 0 aliphatic heterocycles. The van der Waals surface area contributed by atoms with Crippen molar-refractivity contribution in [1.29, 1.82) is 0 Å². The van der Waals surface area contributed by atoms with Crippen LogP contribution in [0.15, 0.2) is 12.2 Å². The summed E-state index contributed by atoms with van der Waals surface area (Å²) in [5, 5.41) is 47.2. The Bertz CT molecular complexity index is 1070. The molecule has 0 spiro atoms. The van der Waals surface area contributed by atoms with Gasteiger partial charge in [0.1, 0.15) is 26.1 Å². The molecule has 0 aromatic rings. The second kappa shape index (κ2) is 25.9. The molecule has 0 aliphatic carbocycles. The summed E-state index contributed by atoms with van der Waals surface area (Å²) in [6.07, 6.45) is 11.7. The summed E-state index contributed by atoms with van der Waals surface area (Å²) >= 11 is 0. The number of rotatable bonds is 31. The number of hydrogen-bond acceptors (Lipinski definition) is 13. The first-order valence-corrected chi connectivity index (χ1v) is 16.5. The number of carboxylic acid groups (broad SMARTS) is 3. The van der Waals surface area contributed by atoms with Crippen LogP contribution in [0.3, 0.4) is 0 Å². The molecule has 16 heteroatoms. The molecule has 0 heterocycles. The maximum atomic E-state index is 12.4. The minimum Gasteiger partial charge on any atom is -0.481 e. The molecule has 3 unspecified atom stereocenters. The molecule has 0 aromatic carbocycles. The van der Waals surface area contributed by atoms with E-state index in [4.69, 9.17) is 24.4 Å². The lowest BCUT2D eigenvalue weighted by molar-refractivity contribution is -0.210. The number of esters is 3. The minimum absolute atomic E-state index is 0.0151. The Morgan fingerprint density at radius 2 is 1.14 bits per heavy atom. The van der Waals surface area contributed by atoms with E-state index in [9.17, 15) is 48.9 Å². The fourth-order valence-electron chi connectivity index (χ4n) is 4.58. The van der Waals surface area contributed by atoms with E-state index in [2.05, 4.69) is 23.8 Å². The van der Waals surface area contributed by atoms with Gasteiger partial charge in [0.15, 0.2) is 11.7 Å². The van der Waals surface area contributed by atoms with Crippen LogP contribution < -0.4 is 0 Å². The molecular formula is C33H52O16. The van der Waals surface area contributed by atoms with Crippen LogP contribution in [0.1, 0.15) is 122 Å². The molecule has 0 saturated carbocycles. The van der Waals surface area contributed by atoms with Crippen molar-refractivity contribution in [3.05, 3.63) is 12.2 Å². The van der Waals surface area contributed by atoms with Crippen LogP contribution in [-0.2, 0) is 52.5 Å². The largest absolute Gasteiger partial charge is 0.481 e. The number of carboxylic acids is 3. The number of allylic oxidation sites excluding steroid dienone is 2. The number of hydrogen-bond donors (Lipinski definition) is 5. The van der Waals surface area contributed by atoms with Gasteiger partial charge >= 0.3 is 35.8 Å². The standard InChI is InChI=1S/C33H52O16/c1-2-3-4-5-6-7-8-9-10-11-12-13-14-15-16-17-28(39)46-22-25(49-30(41)20-32(44,31(42)43)18-26(35)36)23-47-29(40)21-33(45,48-24-34)19-27(37)38/h9-10,24-25,44-45H,2-8,11-23H2,1H3,(H,35,36)(H,37,38)(H,42,43)/b10-9-. The third-order valence-corrected chi connectivity index (χ3v) is 7.20. The van der Waals surface area contributed by atoms with Gasteiger partial charge in [-0.15, -0.1) is 0 Å². The third-order valence-electron chi connectivity index (χ3n) is 7.20. The third kappa shape index (κ3) is 23.8. The highest BCUT2D eigenvalue weighted by atomic mass is 16.7. The molecule has 16 nitrogen and oxygen atoms in total.